The molecule has 0 spiro atoms. The van der Waals surface area contributed by atoms with E-state index >= 15 is 0 Å². The first kappa shape index (κ1) is 36.6. The summed E-state index contributed by atoms with van der Waals surface area (Å²) in [5.41, 5.74) is -0.368. The van der Waals surface area contributed by atoms with Crippen LogP contribution in [0.3, 0.4) is 0 Å². The number of nitriles is 1. The third-order valence-corrected chi connectivity index (χ3v) is 8.94. The summed E-state index contributed by atoms with van der Waals surface area (Å²) in [4.78, 5) is 11.9. The molecule has 46 heavy (non-hydrogen) atoms. The lowest BCUT2D eigenvalue weighted by Gasteiger charge is -2.35. The highest BCUT2D eigenvalue weighted by Crippen LogP contribution is 2.53. The molecular formula is C36H52N2O8. The minimum Gasteiger partial charge on any atom is -0.490 e. The molecule has 1 aliphatic heterocycles. The summed E-state index contributed by atoms with van der Waals surface area (Å²) >= 11 is 0. The summed E-state index contributed by atoms with van der Waals surface area (Å²) in [5, 5.41) is 23.2. The number of nitrogens with zero attached hydrogens (tertiary/aromatic N) is 2. The first-order valence-electron chi connectivity index (χ1n) is 16.8. The van der Waals surface area contributed by atoms with Crippen LogP contribution in [-0.4, -0.2) is 44.7 Å². The van der Waals surface area contributed by atoms with E-state index in [0.29, 0.717) is 72.5 Å². The molecule has 0 radical (unpaired) electrons. The van der Waals surface area contributed by atoms with Gasteiger partial charge in [-0.05, 0) is 49.8 Å². The van der Waals surface area contributed by atoms with Crippen molar-refractivity contribution in [3.63, 3.8) is 0 Å². The molecule has 0 aliphatic carbocycles. The topological polar surface area (TPSA) is 122 Å². The van der Waals surface area contributed by atoms with E-state index in [1.54, 1.807) is 26.4 Å². The maximum Gasteiger partial charge on any atom is 0.248 e. The smallest absolute Gasteiger partial charge is 0.248 e. The number of unbranched alkanes of at least 4 members (excludes halogenated alkanes) is 4. The zero-order chi connectivity index (χ0) is 33.5. The molecule has 2 aromatic rings. The Morgan fingerprint density at radius 2 is 1.54 bits per heavy atom. The molecule has 2 aromatic carbocycles. The fourth-order valence-electron chi connectivity index (χ4n) is 6.04. The summed E-state index contributed by atoms with van der Waals surface area (Å²) in [6.45, 7) is 9.30. The van der Waals surface area contributed by atoms with E-state index in [-0.39, 0.29) is 23.7 Å². The molecule has 0 N–H and O–H groups in total. The molecule has 3 rings (SSSR count). The van der Waals surface area contributed by atoms with Gasteiger partial charge in [0.1, 0.15) is 0 Å². The lowest BCUT2D eigenvalue weighted by Crippen LogP contribution is -2.34. The third-order valence-electron chi connectivity index (χ3n) is 8.94. The van der Waals surface area contributed by atoms with Gasteiger partial charge in [0.15, 0.2) is 23.0 Å². The van der Waals surface area contributed by atoms with Gasteiger partial charge in [-0.3, -0.25) is 10.1 Å². The van der Waals surface area contributed by atoms with Crippen molar-refractivity contribution in [2.75, 3.05) is 27.4 Å². The van der Waals surface area contributed by atoms with Gasteiger partial charge < -0.3 is 28.4 Å². The highest BCUT2D eigenvalue weighted by atomic mass is 16.7. The monoisotopic (exact) mass is 640 g/mol. The molecule has 1 aliphatic rings. The summed E-state index contributed by atoms with van der Waals surface area (Å²) in [5.74, 6) is 2.84. The van der Waals surface area contributed by atoms with Crippen LogP contribution >= 0.6 is 0 Å². The molecule has 1 heterocycles. The Kier molecular flexibility index (Phi) is 14.6. The van der Waals surface area contributed by atoms with Crippen LogP contribution < -0.4 is 28.4 Å². The second-order valence-corrected chi connectivity index (χ2v) is 12.0. The van der Waals surface area contributed by atoms with Crippen LogP contribution in [0, 0.1) is 27.4 Å². The summed E-state index contributed by atoms with van der Waals surface area (Å²) in [6, 6.07) is 10.9. The molecular weight excluding hydrogens is 588 g/mol. The molecule has 0 fully saturated rings. The van der Waals surface area contributed by atoms with E-state index in [9.17, 15) is 15.4 Å². The minimum absolute atomic E-state index is 0.0997. The Labute approximate surface area is 274 Å². The van der Waals surface area contributed by atoms with Crippen LogP contribution in [-0.2, 0) is 5.41 Å². The second-order valence-electron chi connectivity index (χ2n) is 12.0. The number of methoxy groups -OCH3 is 2. The van der Waals surface area contributed by atoms with Gasteiger partial charge in [0.2, 0.25) is 23.8 Å². The predicted molar refractivity (Wildman–Crippen MR) is 177 cm³/mol. The predicted octanol–water partition coefficient (Wildman–Crippen LogP) is 8.65. The minimum atomic E-state index is -1.03. The zero-order valence-corrected chi connectivity index (χ0v) is 28.5. The molecule has 3 atom stereocenters. The Hall–Kier alpha value is -3.87. The average molecular weight is 641 g/mol. The van der Waals surface area contributed by atoms with Crippen molar-refractivity contribution in [1.82, 2.24) is 0 Å². The Balaban J connectivity index is 1.97. The molecule has 0 amide bonds. The standard InChI is InChI=1S/C36H52N2O8/c1-7-10-14-21-43-31-24-28(33(44-22-15-11-8-2)35(42-6)34(31)41-5)36(25-37,26(4)9-3)20-16-17-27(38(39)40)23-32-45-29-18-12-13-19-30(29)46-32/h12-13,18-19,24,26-27,32H,7-11,14-17,20-23H2,1-6H3. The lowest BCUT2D eigenvalue weighted by molar-refractivity contribution is -0.527. The van der Waals surface area contributed by atoms with Gasteiger partial charge in [-0.25, -0.2) is 0 Å². The number of nitro groups is 1. The van der Waals surface area contributed by atoms with E-state index in [4.69, 9.17) is 28.4 Å². The van der Waals surface area contributed by atoms with E-state index < -0.39 is 17.7 Å². The molecule has 0 saturated carbocycles. The van der Waals surface area contributed by atoms with Crippen molar-refractivity contribution in [3.8, 4) is 40.6 Å². The molecule has 10 heteroatoms. The fraction of sp³-hybridized carbons (Fsp3) is 0.639. The molecule has 254 valence electrons. The SMILES string of the molecule is CCCCCOc1cc(C(C#N)(CCCC(CC2Oc3ccccc3O2)[N+](=O)[O-])C(C)CC)c(OCCCCC)c(OC)c1OC. The number of hydrogen-bond donors (Lipinski definition) is 0. The highest BCUT2D eigenvalue weighted by molar-refractivity contribution is 5.65. The van der Waals surface area contributed by atoms with Gasteiger partial charge in [0.05, 0.1) is 45.3 Å². The molecule has 3 unspecified atom stereocenters. The maximum absolute atomic E-state index is 12.2. The van der Waals surface area contributed by atoms with Crippen LogP contribution in [0.25, 0.3) is 0 Å². The maximum atomic E-state index is 12.2. The first-order chi connectivity index (χ1) is 22.3. The number of para-hydroxylation sites is 2. The van der Waals surface area contributed by atoms with Gasteiger partial charge in [0.25, 0.3) is 0 Å². The average Bonchev–Trinajstić information content (AvgIpc) is 3.48. The van der Waals surface area contributed by atoms with Gasteiger partial charge in [-0.1, -0.05) is 71.9 Å². The van der Waals surface area contributed by atoms with E-state index in [1.807, 2.05) is 32.0 Å². The number of fused-ring (bicyclic) bond motifs is 1. The van der Waals surface area contributed by atoms with Crippen molar-refractivity contribution >= 4 is 0 Å². The van der Waals surface area contributed by atoms with Gasteiger partial charge >= 0.3 is 0 Å². The van der Waals surface area contributed by atoms with Crippen molar-refractivity contribution in [2.45, 2.75) is 116 Å². The first-order valence-corrected chi connectivity index (χ1v) is 16.8. The van der Waals surface area contributed by atoms with E-state index in [1.165, 1.54) is 0 Å². The summed E-state index contributed by atoms with van der Waals surface area (Å²) < 4.78 is 36.0. The van der Waals surface area contributed by atoms with Crippen molar-refractivity contribution in [3.05, 3.63) is 46.0 Å². The van der Waals surface area contributed by atoms with Crippen LogP contribution in [0.2, 0.25) is 0 Å². The lowest BCUT2D eigenvalue weighted by atomic mass is 9.67. The Morgan fingerprint density at radius 1 is 0.935 bits per heavy atom. The molecule has 0 bridgehead atoms. The largest absolute Gasteiger partial charge is 0.490 e. The van der Waals surface area contributed by atoms with Gasteiger partial charge in [0, 0.05) is 16.9 Å². The number of hydrogen-bond acceptors (Lipinski definition) is 9. The van der Waals surface area contributed by atoms with Crippen LogP contribution in [0.4, 0.5) is 0 Å². The quantitative estimate of drug-likeness (QED) is 0.0707. The normalized spacial score (nSPS) is 15.0. The summed E-state index contributed by atoms with van der Waals surface area (Å²) in [6.07, 6.45) is 7.00. The fourth-order valence-corrected chi connectivity index (χ4v) is 6.04. The van der Waals surface area contributed by atoms with Crippen molar-refractivity contribution in [1.29, 1.82) is 5.26 Å². The Bertz CT molecular complexity index is 1270. The zero-order valence-electron chi connectivity index (χ0n) is 28.5. The van der Waals surface area contributed by atoms with Gasteiger partial charge in [-0.15, -0.1) is 0 Å². The molecule has 0 saturated heterocycles. The number of rotatable bonds is 22. The van der Waals surface area contributed by atoms with Crippen LogP contribution in [0.15, 0.2) is 30.3 Å². The van der Waals surface area contributed by atoms with Crippen LogP contribution in [0.5, 0.6) is 34.5 Å². The highest BCUT2D eigenvalue weighted by Gasteiger charge is 2.43. The molecule has 10 nitrogen and oxygen atoms in total. The second kappa shape index (κ2) is 18.3. The van der Waals surface area contributed by atoms with Gasteiger partial charge in [-0.2, -0.15) is 5.26 Å². The van der Waals surface area contributed by atoms with Crippen molar-refractivity contribution < 1.29 is 33.3 Å². The van der Waals surface area contributed by atoms with E-state index in [2.05, 4.69) is 19.9 Å². The number of benzene rings is 2. The number of ether oxygens (including phenoxy) is 6. The van der Waals surface area contributed by atoms with Crippen LogP contribution in [0.1, 0.15) is 104 Å². The summed E-state index contributed by atoms with van der Waals surface area (Å²) in [7, 11) is 3.13. The van der Waals surface area contributed by atoms with Crippen molar-refractivity contribution in [2.24, 2.45) is 5.92 Å². The Morgan fingerprint density at radius 3 is 2.07 bits per heavy atom. The third kappa shape index (κ3) is 8.89. The molecule has 0 aromatic heterocycles. The van der Waals surface area contributed by atoms with E-state index in [0.717, 1.165) is 38.5 Å².